The van der Waals surface area contributed by atoms with Gasteiger partial charge in [-0.05, 0) is 31.2 Å². The second-order valence-electron chi connectivity index (χ2n) is 7.10. The zero-order chi connectivity index (χ0) is 22.9. The Bertz CT molecular complexity index is 1210. The van der Waals surface area contributed by atoms with Crippen LogP contribution in [0.1, 0.15) is 28.4 Å². The second kappa shape index (κ2) is 8.38. The zero-order valence-electron chi connectivity index (χ0n) is 17.8. The first-order valence-corrected chi connectivity index (χ1v) is 10.1. The summed E-state index contributed by atoms with van der Waals surface area (Å²) in [5.74, 6) is 1.58. The van der Waals surface area contributed by atoms with Gasteiger partial charge in [0.15, 0.2) is 28.8 Å². The molecule has 0 amide bonds. The van der Waals surface area contributed by atoms with Crippen LogP contribution >= 0.6 is 0 Å². The molecule has 0 saturated heterocycles. The van der Waals surface area contributed by atoms with Crippen molar-refractivity contribution in [2.24, 2.45) is 5.16 Å². The topological polar surface area (TPSA) is 111 Å². The van der Waals surface area contributed by atoms with Crippen molar-refractivity contribution in [2.45, 2.75) is 6.92 Å². The van der Waals surface area contributed by atoms with Gasteiger partial charge in [0, 0.05) is 28.3 Å². The highest BCUT2D eigenvalue weighted by molar-refractivity contribution is 6.41. The summed E-state index contributed by atoms with van der Waals surface area (Å²) in [6, 6.07) is 6.65. The van der Waals surface area contributed by atoms with Crippen molar-refractivity contribution in [3.05, 3.63) is 47.0 Å². The molecule has 0 fully saturated rings. The van der Waals surface area contributed by atoms with E-state index < -0.39 is 12.6 Å². The number of carbonyl (C=O) groups is 2. The second-order valence-corrected chi connectivity index (χ2v) is 7.10. The minimum absolute atomic E-state index is 0.0501. The maximum absolute atomic E-state index is 13.1. The SMILES string of the molecule is CCOC(=O)CO/N=C1/C(c2cc3c(cc2OC)OCO3)=CC(=O)c2cc3c(cc21)OCO3. The number of fused-ring (bicyclic) bond motifs is 3. The van der Waals surface area contributed by atoms with Crippen LogP contribution in [0, 0.1) is 0 Å². The summed E-state index contributed by atoms with van der Waals surface area (Å²) in [6.45, 7) is 1.66. The highest BCUT2D eigenvalue weighted by atomic mass is 16.7. The molecule has 0 aromatic heterocycles. The minimum Gasteiger partial charge on any atom is -0.496 e. The Hall–Kier alpha value is -4.21. The Morgan fingerprint density at radius 3 is 2.18 bits per heavy atom. The normalized spacial score (nSPS) is 16.4. The number of esters is 1. The zero-order valence-corrected chi connectivity index (χ0v) is 17.8. The Kier molecular flexibility index (Phi) is 5.25. The van der Waals surface area contributed by atoms with Crippen molar-refractivity contribution in [1.29, 1.82) is 0 Å². The molecule has 0 bridgehead atoms. The largest absolute Gasteiger partial charge is 0.496 e. The lowest BCUT2D eigenvalue weighted by atomic mass is 9.85. The molecule has 0 saturated carbocycles. The molecule has 3 aliphatic rings. The van der Waals surface area contributed by atoms with Crippen LogP contribution in [0.4, 0.5) is 0 Å². The minimum atomic E-state index is -0.564. The fourth-order valence-corrected chi connectivity index (χ4v) is 3.72. The van der Waals surface area contributed by atoms with E-state index >= 15 is 0 Å². The summed E-state index contributed by atoms with van der Waals surface area (Å²) in [5.41, 5.74) is 2.10. The molecule has 1 aliphatic carbocycles. The van der Waals surface area contributed by atoms with Crippen LogP contribution in [0.15, 0.2) is 35.5 Å². The van der Waals surface area contributed by atoms with E-state index in [4.69, 9.17) is 33.3 Å². The lowest BCUT2D eigenvalue weighted by Gasteiger charge is -2.21. The standard InChI is InChI=1S/C23H19NO9/c1-3-28-22(26)9-33-24-23-14(13-6-19-21(32-11-30-19)8-17(13)27-2)4-16(25)12-5-18-20(7-15(12)23)31-10-29-18/h4-8H,3,9-11H2,1-2H3/b24-23-. The number of ether oxygens (including phenoxy) is 6. The number of oxime groups is 1. The van der Waals surface area contributed by atoms with Gasteiger partial charge in [0.25, 0.3) is 0 Å². The van der Waals surface area contributed by atoms with Crippen molar-refractivity contribution in [3.8, 4) is 28.7 Å². The third-order valence-electron chi connectivity index (χ3n) is 5.19. The van der Waals surface area contributed by atoms with E-state index in [0.29, 0.717) is 56.7 Å². The maximum Gasteiger partial charge on any atom is 0.347 e. The molecule has 0 spiro atoms. The van der Waals surface area contributed by atoms with Crippen molar-refractivity contribution in [3.63, 3.8) is 0 Å². The summed E-state index contributed by atoms with van der Waals surface area (Å²) in [7, 11) is 1.51. The van der Waals surface area contributed by atoms with Crippen molar-refractivity contribution in [2.75, 3.05) is 33.9 Å². The average Bonchev–Trinajstić information content (AvgIpc) is 3.47. The van der Waals surface area contributed by atoms with Crippen molar-refractivity contribution >= 4 is 23.0 Å². The number of allylic oxidation sites excluding steroid dienone is 2. The van der Waals surface area contributed by atoms with Crippen molar-refractivity contribution in [1.82, 2.24) is 0 Å². The van der Waals surface area contributed by atoms with E-state index in [1.807, 2.05) is 0 Å². The van der Waals surface area contributed by atoms with E-state index in [9.17, 15) is 9.59 Å². The molecule has 0 unspecified atom stereocenters. The Morgan fingerprint density at radius 1 is 0.939 bits per heavy atom. The molecular weight excluding hydrogens is 434 g/mol. The Labute approximate surface area is 188 Å². The molecule has 170 valence electrons. The molecule has 10 nitrogen and oxygen atoms in total. The predicted molar refractivity (Wildman–Crippen MR) is 113 cm³/mol. The molecule has 0 radical (unpaired) electrons. The third kappa shape index (κ3) is 3.69. The molecular formula is C23H19NO9. The summed E-state index contributed by atoms with van der Waals surface area (Å²) in [4.78, 5) is 30.1. The molecule has 5 rings (SSSR count). The van der Waals surface area contributed by atoms with Gasteiger partial charge in [-0.2, -0.15) is 0 Å². The number of hydrogen-bond acceptors (Lipinski definition) is 10. The maximum atomic E-state index is 13.1. The summed E-state index contributed by atoms with van der Waals surface area (Å²) >= 11 is 0. The van der Waals surface area contributed by atoms with E-state index in [-0.39, 0.29) is 26.0 Å². The van der Waals surface area contributed by atoms with Gasteiger partial charge in [0.2, 0.25) is 20.2 Å². The molecule has 10 heteroatoms. The lowest BCUT2D eigenvalue weighted by molar-refractivity contribution is -0.148. The van der Waals surface area contributed by atoms with Crippen LogP contribution in [-0.4, -0.2) is 51.4 Å². The Balaban J connectivity index is 1.62. The third-order valence-corrected chi connectivity index (χ3v) is 5.19. The van der Waals surface area contributed by atoms with Gasteiger partial charge in [-0.15, -0.1) is 0 Å². The van der Waals surface area contributed by atoms with Gasteiger partial charge in [0.1, 0.15) is 11.5 Å². The smallest absolute Gasteiger partial charge is 0.347 e. The van der Waals surface area contributed by atoms with E-state index in [1.54, 1.807) is 31.2 Å². The molecule has 0 N–H and O–H groups in total. The highest BCUT2D eigenvalue weighted by Crippen LogP contribution is 2.44. The molecule has 2 aliphatic heterocycles. The van der Waals surface area contributed by atoms with Gasteiger partial charge in [-0.3, -0.25) is 4.79 Å². The molecule has 33 heavy (non-hydrogen) atoms. The monoisotopic (exact) mass is 453 g/mol. The first-order chi connectivity index (χ1) is 16.1. The van der Waals surface area contributed by atoms with Gasteiger partial charge in [-0.25, -0.2) is 4.79 Å². The number of carbonyl (C=O) groups excluding carboxylic acids is 2. The summed E-state index contributed by atoms with van der Waals surface area (Å²) in [6.07, 6.45) is 1.43. The Morgan fingerprint density at radius 2 is 1.55 bits per heavy atom. The molecule has 0 atom stereocenters. The lowest BCUT2D eigenvalue weighted by Crippen LogP contribution is -2.19. The van der Waals surface area contributed by atoms with Crippen molar-refractivity contribution < 1.29 is 42.8 Å². The number of rotatable bonds is 6. The number of methoxy groups -OCH3 is 1. The van der Waals surface area contributed by atoms with Gasteiger partial charge >= 0.3 is 5.97 Å². The van der Waals surface area contributed by atoms with Crippen LogP contribution in [-0.2, 0) is 14.4 Å². The van der Waals surface area contributed by atoms with Crippen LogP contribution in [0.25, 0.3) is 5.57 Å². The first kappa shape index (κ1) is 20.7. The van der Waals surface area contributed by atoms with Gasteiger partial charge < -0.3 is 33.3 Å². The van der Waals surface area contributed by atoms with Crippen LogP contribution in [0.5, 0.6) is 28.7 Å². The number of benzene rings is 2. The van der Waals surface area contributed by atoms with E-state index in [2.05, 4.69) is 5.16 Å². The van der Waals surface area contributed by atoms with Crippen LogP contribution in [0.2, 0.25) is 0 Å². The molecule has 2 aromatic carbocycles. The fourth-order valence-electron chi connectivity index (χ4n) is 3.72. The van der Waals surface area contributed by atoms with E-state index in [0.717, 1.165) is 0 Å². The quantitative estimate of drug-likeness (QED) is 0.481. The first-order valence-electron chi connectivity index (χ1n) is 10.1. The summed E-state index contributed by atoms with van der Waals surface area (Å²) in [5, 5.41) is 4.20. The van der Waals surface area contributed by atoms with Crippen LogP contribution in [0.3, 0.4) is 0 Å². The number of nitrogens with zero attached hydrogens (tertiary/aromatic N) is 1. The number of ketones is 1. The number of hydrogen-bond donors (Lipinski definition) is 0. The average molecular weight is 453 g/mol. The predicted octanol–water partition coefficient (Wildman–Crippen LogP) is 2.72. The van der Waals surface area contributed by atoms with Crippen LogP contribution < -0.4 is 23.7 Å². The van der Waals surface area contributed by atoms with E-state index in [1.165, 1.54) is 13.2 Å². The highest BCUT2D eigenvalue weighted by Gasteiger charge is 2.32. The van der Waals surface area contributed by atoms with Gasteiger partial charge in [0.05, 0.1) is 13.7 Å². The molecule has 2 heterocycles. The summed E-state index contributed by atoms with van der Waals surface area (Å²) < 4.78 is 32.3. The fraction of sp³-hybridized carbons (Fsp3) is 0.261. The molecule has 2 aromatic rings. The van der Waals surface area contributed by atoms with Gasteiger partial charge in [-0.1, -0.05) is 5.16 Å².